The Kier molecular flexibility index (Phi) is 4.94. The molecule has 21 heavy (non-hydrogen) atoms. The zero-order chi connectivity index (χ0) is 15.2. The van der Waals surface area contributed by atoms with E-state index in [1.54, 1.807) is 6.07 Å². The maximum absolute atomic E-state index is 12.0. The van der Waals surface area contributed by atoms with Gasteiger partial charge in [-0.15, -0.1) is 11.6 Å². The van der Waals surface area contributed by atoms with Gasteiger partial charge in [0, 0.05) is 17.6 Å². The molecule has 0 saturated heterocycles. The van der Waals surface area contributed by atoms with E-state index in [-0.39, 0.29) is 11.5 Å². The number of alkyl halides is 1. The summed E-state index contributed by atoms with van der Waals surface area (Å²) in [6, 6.07) is 10.1. The van der Waals surface area contributed by atoms with E-state index in [0.29, 0.717) is 11.6 Å². The van der Waals surface area contributed by atoms with Crippen molar-refractivity contribution in [3.8, 4) is 0 Å². The Hall–Kier alpha value is -2.34. The fraction of sp³-hybridized carbons (Fsp3) is 0.214. The van der Waals surface area contributed by atoms with E-state index >= 15 is 0 Å². The standard InChI is InChI=1S/C14H14ClN3O3/c15-8-2-4-10-3-1-5-11(9-10)16-14(19)12-6-7-13(17-12)18(20)21/h1,3,5-7,9,17H,2,4,8H2,(H,16,19). The van der Waals surface area contributed by atoms with Crippen LogP contribution in [0, 0.1) is 10.1 Å². The number of aromatic nitrogens is 1. The van der Waals surface area contributed by atoms with Crippen LogP contribution in [0.3, 0.4) is 0 Å². The molecule has 0 saturated carbocycles. The van der Waals surface area contributed by atoms with E-state index in [1.165, 1.54) is 12.1 Å². The normalized spacial score (nSPS) is 10.3. The molecule has 0 unspecified atom stereocenters. The Morgan fingerprint density at radius 2 is 2.14 bits per heavy atom. The fourth-order valence-electron chi connectivity index (χ4n) is 1.90. The first kappa shape index (κ1) is 15.1. The number of hydrogen-bond acceptors (Lipinski definition) is 3. The number of hydrogen-bond donors (Lipinski definition) is 2. The second-order valence-corrected chi connectivity index (χ2v) is 4.84. The number of aryl methyl sites for hydroxylation is 1. The van der Waals surface area contributed by atoms with Crippen LogP contribution in [-0.2, 0) is 6.42 Å². The highest BCUT2D eigenvalue weighted by Gasteiger charge is 2.15. The Balaban J connectivity index is 2.06. The third-order valence-corrected chi connectivity index (χ3v) is 3.16. The molecule has 6 nitrogen and oxygen atoms in total. The van der Waals surface area contributed by atoms with Crippen LogP contribution < -0.4 is 5.32 Å². The molecule has 0 aliphatic carbocycles. The molecule has 0 bridgehead atoms. The van der Waals surface area contributed by atoms with Crippen LogP contribution in [0.5, 0.6) is 0 Å². The zero-order valence-electron chi connectivity index (χ0n) is 11.1. The SMILES string of the molecule is O=C(Nc1cccc(CCCCl)c1)c1ccc([N+](=O)[O-])[nH]1. The summed E-state index contributed by atoms with van der Waals surface area (Å²) in [5, 5.41) is 13.3. The van der Waals surface area contributed by atoms with Crippen LogP contribution >= 0.6 is 11.6 Å². The zero-order valence-corrected chi connectivity index (χ0v) is 11.9. The maximum atomic E-state index is 12.0. The van der Waals surface area contributed by atoms with E-state index in [4.69, 9.17) is 11.6 Å². The van der Waals surface area contributed by atoms with Crippen molar-refractivity contribution < 1.29 is 9.72 Å². The monoisotopic (exact) mass is 307 g/mol. The average molecular weight is 308 g/mol. The lowest BCUT2D eigenvalue weighted by molar-refractivity contribution is -0.389. The molecule has 2 aromatic rings. The van der Waals surface area contributed by atoms with Gasteiger partial charge in [-0.2, -0.15) is 0 Å². The molecule has 0 aliphatic heterocycles. The molecular weight excluding hydrogens is 294 g/mol. The maximum Gasteiger partial charge on any atom is 0.321 e. The lowest BCUT2D eigenvalue weighted by Gasteiger charge is -2.05. The van der Waals surface area contributed by atoms with E-state index < -0.39 is 10.8 Å². The quantitative estimate of drug-likeness (QED) is 0.487. The smallest absolute Gasteiger partial charge is 0.321 e. The minimum Gasteiger partial charge on any atom is -0.358 e. The van der Waals surface area contributed by atoms with Crippen LogP contribution in [-0.4, -0.2) is 21.7 Å². The predicted octanol–water partition coefficient (Wildman–Crippen LogP) is 3.35. The number of aromatic amines is 1. The molecule has 0 spiro atoms. The molecule has 7 heteroatoms. The predicted molar refractivity (Wildman–Crippen MR) is 80.9 cm³/mol. The third kappa shape index (κ3) is 4.06. The topological polar surface area (TPSA) is 88.0 Å². The highest BCUT2D eigenvalue weighted by Crippen LogP contribution is 2.15. The van der Waals surface area contributed by atoms with Crippen molar-refractivity contribution in [2.45, 2.75) is 12.8 Å². The van der Waals surface area contributed by atoms with Crippen LogP contribution in [0.15, 0.2) is 36.4 Å². The highest BCUT2D eigenvalue weighted by atomic mass is 35.5. The second kappa shape index (κ2) is 6.90. The Bertz CT molecular complexity index is 654. The fourth-order valence-corrected chi connectivity index (χ4v) is 2.03. The summed E-state index contributed by atoms with van der Waals surface area (Å²) in [5.41, 5.74) is 1.86. The number of halogens is 1. The van der Waals surface area contributed by atoms with Crippen molar-refractivity contribution in [1.82, 2.24) is 4.98 Å². The first-order valence-corrected chi connectivity index (χ1v) is 6.93. The summed E-state index contributed by atoms with van der Waals surface area (Å²) < 4.78 is 0. The van der Waals surface area contributed by atoms with E-state index in [2.05, 4.69) is 10.3 Å². The highest BCUT2D eigenvalue weighted by molar-refractivity contribution is 6.17. The third-order valence-electron chi connectivity index (χ3n) is 2.90. The van der Waals surface area contributed by atoms with Gasteiger partial charge in [-0.1, -0.05) is 12.1 Å². The molecule has 1 aromatic carbocycles. The van der Waals surface area contributed by atoms with Gasteiger partial charge in [-0.3, -0.25) is 4.79 Å². The molecule has 110 valence electrons. The molecule has 1 amide bonds. The minimum absolute atomic E-state index is 0.146. The molecular formula is C14H14ClN3O3. The van der Waals surface area contributed by atoms with Crippen LogP contribution in [0.25, 0.3) is 0 Å². The number of anilines is 1. The lowest BCUT2D eigenvalue weighted by Crippen LogP contribution is -2.12. The van der Waals surface area contributed by atoms with Crippen LogP contribution in [0.2, 0.25) is 0 Å². The number of amides is 1. The number of carbonyl (C=O) groups excluding carboxylic acids is 1. The number of benzene rings is 1. The molecule has 0 radical (unpaired) electrons. The van der Waals surface area contributed by atoms with Crippen molar-refractivity contribution >= 4 is 29.0 Å². The van der Waals surface area contributed by atoms with Gasteiger partial charge in [0.1, 0.15) is 0 Å². The Morgan fingerprint density at radius 3 is 2.81 bits per heavy atom. The summed E-state index contributed by atoms with van der Waals surface area (Å²) >= 11 is 5.65. The molecule has 0 fully saturated rings. The minimum atomic E-state index is -0.580. The first-order valence-electron chi connectivity index (χ1n) is 6.40. The molecule has 0 atom stereocenters. The van der Waals surface area contributed by atoms with Gasteiger partial charge in [0.05, 0.1) is 0 Å². The van der Waals surface area contributed by atoms with Crippen LogP contribution in [0.4, 0.5) is 11.5 Å². The number of nitro groups is 1. The number of rotatable bonds is 6. The summed E-state index contributed by atoms with van der Waals surface area (Å²) in [5.74, 6) is -0.0449. The van der Waals surface area contributed by atoms with Gasteiger partial charge in [0.15, 0.2) is 5.69 Å². The summed E-state index contributed by atoms with van der Waals surface area (Å²) in [6.07, 6.45) is 1.70. The van der Waals surface area contributed by atoms with Gasteiger partial charge in [0.25, 0.3) is 5.91 Å². The second-order valence-electron chi connectivity index (χ2n) is 4.46. The van der Waals surface area contributed by atoms with Crippen LogP contribution in [0.1, 0.15) is 22.5 Å². The van der Waals surface area contributed by atoms with Crippen molar-refractivity contribution in [1.29, 1.82) is 0 Å². The molecule has 2 rings (SSSR count). The molecule has 1 aromatic heterocycles. The summed E-state index contributed by atoms with van der Waals surface area (Å²) in [7, 11) is 0. The van der Waals surface area contributed by atoms with Crippen molar-refractivity contribution in [2.24, 2.45) is 0 Å². The summed E-state index contributed by atoms with van der Waals surface area (Å²) in [4.78, 5) is 24.4. The van der Waals surface area contributed by atoms with E-state index in [9.17, 15) is 14.9 Å². The number of nitrogens with one attached hydrogen (secondary N) is 2. The summed E-state index contributed by atoms with van der Waals surface area (Å²) in [6.45, 7) is 0. The first-order chi connectivity index (χ1) is 10.1. The van der Waals surface area contributed by atoms with Gasteiger partial charge >= 0.3 is 5.82 Å². The van der Waals surface area contributed by atoms with E-state index in [1.807, 2.05) is 18.2 Å². The number of carbonyl (C=O) groups is 1. The van der Waals surface area contributed by atoms with Crippen molar-refractivity contribution in [3.05, 3.63) is 57.8 Å². The number of H-pyrrole nitrogens is 1. The largest absolute Gasteiger partial charge is 0.358 e. The van der Waals surface area contributed by atoms with Crippen molar-refractivity contribution in [2.75, 3.05) is 11.2 Å². The van der Waals surface area contributed by atoms with Gasteiger partial charge in [0.2, 0.25) is 0 Å². The Labute approximate surface area is 126 Å². The van der Waals surface area contributed by atoms with Crippen molar-refractivity contribution in [3.63, 3.8) is 0 Å². The van der Waals surface area contributed by atoms with Gasteiger partial charge < -0.3 is 15.4 Å². The van der Waals surface area contributed by atoms with E-state index in [0.717, 1.165) is 18.4 Å². The molecule has 0 aliphatic rings. The number of nitrogens with zero attached hydrogens (tertiary/aromatic N) is 1. The Morgan fingerprint density at radius 1 is 1.33 bits per heavy atom. The molecule has 1 heterocycles. The molecule has 2 N–H and O–H groups in total. The van der Waals surface area contributed by atoms with Gasteiger partial charge in [-0.25, -0.2) is 4.98 Å². The average Bonchev–Trinajstić information content (AvgIpc) is 2.95. The van der Waals surface area contributed by atoms with Gasteiger partial charge in [-0.05, 0) is 41.5 Å². The lowest BCUT2D eigenvalue weighted by atomic mass is 10.1.